The van der Waals surface area contributed by atoms with E-state index in [0.717, 1.165) is 23.1 Å². The number of carbonyl (C=O) groups is 3. The summed E-state index contributed by atoms with van der Waals surface area (Å²) in [5.74, 6) is -0.951. The average Bonchev–Trinajstić information content (AvgIpc) is 2.42. The number of thioether (sulfide) groups is 1. The Bertz CT molecular complexity index is 306. The molecule has 0 bridgehead atoms. The highest BCUT2D eigenvalue weighted by atomic mass is 32.2. The highest BCUT2D eigenvalue weighted by Crippen LogP contribution is 2.31. The van der Waals surface area contributed by atoms with E-state index in [-0.39, 0.29) is 16.4 Å². The van der Waals surface area contributed by atoms with E-state index in [4.69, 9.17) is 5.73 Å². The molecule has 5 nitrogen and oxygen atoms in total. The zero-order chi connectivity index (χ0) is 11.6. The molecular weight excluding hydrogens is 216 g/mol. The van der Waals surface area contributed by atoms with Gasteiger partial charge in [0.25, 0.3) is 5.24 Å². The van der Waals surface area contributed by atoms with E-state index < -0.39 is 11.9 Å². The van der Waals surface area contributed by atoms with Crippen LogP contribution in [0.1, 0.15) is 26.7 Å². The van der Waals surface area contributed by atoms with Crippen LogP contribution in [0.3, 0.4) is 0 Å². The van der Waals surface area contributed by atoms with Gasteiger partial charge in [-0.05, 0) is 13.3 Å². The van der Waals surface area contributed by atoms with Crippen LogP contribution in [0.5, 0.6) is 0 Å². The number of nitrogens with two attached hydrogens (primary N) is 1. The standard InChI is InChI=1S/C9H14N2O3S/c1-3-4-6-8(13)11(9(14)15-6)5(2)7(10)12/h5-6H,3-4H2,1-2H3,(H2,10,12). The lowest BCUT2D eigenvalue weighted by atomic mass is 10.2. The van der Waals surface area contributed by atoms with Crippen LogP contribution in [-0.4, -0.2) is 33.2 Å². The molecular formula is C9H14N2O3S. The summed E-state index contributed by atoms with van der Waals surface area (Å²) in [6.45, 7) is 3.41. The summed E-state index contributed by atoms with van der Waals surface area (Å²) in [7, 11) is 0. The molecule has 15 heavy (non-hydrogen) atoms. The number of hydrogen-bond donors (Lipinski definition) is 1. The van der Waals surface area contributed by atoms with Crippen molar-refractivity contribution in [1.82, 2.24) is 4.90 Å². The van der Waals surface area contributed by atoms with Gasteiger partial charge in [0.1, 0.15) is 6.04 Å². The first kappa shape index (κ1) is 12.0. The molecule has 0 aromatic carbocycles. The SMILES string of the molecule is CCCC1SC(=O)N(C(C)C(N)=O)C1=O. The van der Waals surface area contributed by atoms with Crippen molar-refractivity contribution in [3.63, 3.8) is 0 Å². The van der Waals surface area contributed by atoms with Crippen LogP contribution in [0.2, 0.25) is 0 Å². The summed E-state index contributed by atoms with van der Waals surface area (Å²) < 4.78 is 0. The Morgan fingerprint density at radius 3 is 2.67 bits per heavy atom. The summed E-state index contributed by atoms with van der Waals surface area (Å²) in [5, 5.41) is -0.714. The van der Waals surface area contributed by atoms with Crippen molar-refractivity contribution in [1.29, 1.82) is 0 Å². The van der Waals surface area contributed by atoms with Gasteiger partial charge in [0.2, 0.25) is 11.8 Å². The molecule has 6 heteroatoms. The summed E-state index contributed by atoms with van der Waals surface area (Å²) in [5.41, 5.74) is 5.07. The number of rotatable bonds is 4. The maximum atomic E-state index is 11.7. The number of imide groups is 1. The van der Waals surface area contributed by atoms with Crippen molar-refractivity contribution in [2.24, 2.45) is 5.73 Å². The fourth-order valence-electron chi connectivity index (χ4n) is 1.39. The molecule has 1 rings (SSSR count). The van der Waals surface area contributed by atoms with Crippen LogP contribution in [0.4, 0.5) is 4.79 Å². The lowest BCUT2D eigenvalue weighted by molar-refractivity contribution is -0.133. The van der Waals surface area contributed by atoms with Gasteiger partial charge in [0, 0.05) is 0 Å². The van der Waals surface area contributed by atoms with Crippen molar-refractivity contribution < 1.29 is 14.4 Å². The molecule has 0 aromatic rings. The van der Waals surface area contributed by atoms with Crippen molar-refractivity contribution in [3.05, 3.63) is 0 Å². The van der Waals surface area contributed by atoms with Gasteiger partial charge in [-0.1, -0.05) is 25.1 Å². The van der Waals surface area contributed by atoms with Crippen LogP contribution in [-0.2, 0) is 9.59 Å². The van der Waals surface area contributed by atoms with Gasteiger partial charge >= 0.3 is 0 Å². The second-order valence-electron chi connectivity index (χ2n) is 3.45. The Balaban J connectivity index is 2.79. The topological polar surface area (TPSA) is 80.5 Å². The molecule has 0 aromatic heterocycles. The van der Waals surface area contributed by atoms with Gasteiger partial charge in [0.05, 0.1) is 5.25 Å². The summed E-state index contributed by atoms with van der Waals surface area (Å²) >= 11 is 0.982. The molecule has 2 N–H and O–H groups in total. The van der Waals surface area contributed by atoms with Crippen LogP contribution >= 0.6 is 11.8 Å². The third kappa shape index (κ3) is 2.31. The largest absolute Gasteiger partial charge is 0.368 e. The molecule has 1 heterocycles. The van der Waals surface area contributed by atoms with Crippen molar-refractivity contribution in [2.75, 3.05) is 0 Å². The minimum atomic E-state index is -0.848. The Morgan fingerprint density at radius 2 is 2.20 bits per heavy atom. The minimum Gasteiger partial charge on any atom is -0.368 e. The predicted octanol–water partition coefficient (Wildman–Crippen LogP) is 0.724. The first-order valence-electron chi connectivity index (χ1n) is 4.82. The number of primary amides is 1. The van der Waals surface area contributed by atoms with E-state index in [1.54, 1.807) is 0 Å². The van der Waals surface area contributed by atoms with Crippen LogP contribution in [0.25, 0.3) is 0 Å². The fourth-order valence-corrected chi connectivity index (χ4v) is 2.57. The van der Waals surface area contributed by atoms with Crippen molar-refractivity contribution in [2.45, 2.75) is 38.0 Å². The molecule has 2 unspecified atom stereocenters. The third-order valence-corrected chi connectivity index (χ3v) is 3.42. The van der Waals surface area contributed by atoms with Gasteiger partial charge in [0.15, 0.2) is 0 Å². The van der Waals surface area contributed by atoms with Crippen LogP contribution in [0.15, 0.2) is 0 Å². The molecule has 2 atom stereocenters. The number of carbonyl (C=O) groups excluding carboxylic acids is 3. The molecule has 84 valence electrons. The van der Waals surface area contributed by atoms with E-state index >= 15 is 0 Å². The second-order valence-corrected chi connectivity index (χ2v) is 4.60. The summed E-state index contributed by atoms with van der Waals surface area (Å²) in [6, 6.07) is -0.848. The lowest BCUT2D eigenvalue weighted by Crippen LogP contribution is -2.46. The maximum absolute atomic E-state index is 11.7. The molecule has 0 spiro atoms. The molecule has 1 fully saturated rings. The predicted molar refractivity (Wildman–Crippen MR) is 57.2 cm³/mol. The monoisotopic (exact) mass is 230 g/mol. The normalized spacial score (nSPS) is 23.3. The average molecular weight is 230 g/mol. The van der Waals surface area contributed by atoms with E-state index in [1.165, 1.54) is 6.92 Å². The maximum Gasteiger partial charge on any atom is 0.289 e. The van der Waals surface area contributed by atoms with E-state index in [1.807, 2.05) is 6.92 Å². The smallest absolute Gasteiger partial charge is 0.289 e. The molecule has 3 amide bonds. The number of nitrogens with zero attached hydrogens (tertiary/aromatic N) is 1. The van der Waals surface area contributed by atoms with Crippen molar-refractivity contribution >= 4 is 28.8 Å². The number of hydrogen-bond acceptors (Lipinski definition) is 4. The van der Waals surface area contributed by atoms with E-state index in [9.17, 15) is 14.4 Å². The summed E-state index contributed by atoms with van der Waals surface area (Å²) in [6.07, 6.45) is 1.48. The molecule has 1 aliphatic rings. The lowest BCUT2D eigenvalue weighted by Gasteiger charge is -2.18. The van der Waals surface area contributed by atoms with E-state index in [0.29, 0.717) is 6.42 Å². The second kappa shape index (κ2) is 4.65. The van der Waals surface area contributed by atoms with Crippen molar-refractivity contribution in [3.8, 4) is 0 Å². The van der Waals surface area contributed by atoms with Gasteiger partial charge in [-0.25, -0.2) is 0 Å². The van der Waals surface area contributed by atoms with Crippen LogP contribution < -0.4 is 5.73 Å². The Labute approximate surface area is 92.4 Å². The number of amides is 3. The van der Waals surface area contributed by atoms with E-state index in [2.05, 4.69) is 0 Å². The highest BCUT2D eigenvalue weighted by molar-refractivity contribution is 8.15. The molecule has 0 aliphatic carbocycles. The minimum absolute atomic E-state index is 0.293. The van der Waals surface area contributed by atoms with Crippen LogP contribution in [0, 0.1) is 0 Å². The highest BCUT2D eigenvalue weighted by Gasteiger charge is 2.42. The van der Waals surface area contributed by atoms with Gasteiger partial charge in [-0.3, -0.25) is 19.3 Å². The zero-order valence-corrected chi connectivity index (χ0v) is 9.54. The first-order chi connectivity index (χ1) is 6.99. The van der Waals surface area contributed by atoms with Gasteiger partial charge < -0.3 is 5.73 Å². The zero-order valence-electron chi connectivity index (χ0n) is 8.73. The van der Waals surface area contributed by atoms with Gasteiger partial charge in [-0.15, -0.1) is 0 Å². The summed E-state index contributed by atoms with van der Waals surface area (Å²) in [4.78, 5) is 35.1. The molecule has 1 saturated heterocycles. The Hall–Kier alpha value is -1.04. The molecule has 1 aliphatic heterocycles. The Kier molecular flexibility index (Phi) is 3.73. The molecule has 0 radical (unpaired) electrons. The molecule has 0 saturated carbocycles. The quantitative estimate of drug-likeness (QED) is 0.771. The first-order valence-corrected chi connectivity index (χ1v) is 5.70. The fraction of sp³-hybridized carbons (Fsp3) is 0.667. The Morgan fingerprint density at radius 1 is 1.60 bits per heavy atom. The third-order valence-electron chi connectivity index (χ3n) is 2.30. The van der Waals surface area contributed by atoms with Gasteiger partial charge in [-0.2, -0.15) is 0 Å².